The molecule has 0 aliphatic carbocycles. The molecular weight excluding hydrogens is 228 g/mol. The molecule has 5 nitrogen and oxygen atoms in total. The number of hydrogen-bond donors (Lipinski definition) is 1. The number of piperidine rings is 1. The van der Waals surface area contributed by atoms with Crippen LogP contribution in [0.4, 0.5) is 5.95 Å². The average Bonchev–Trinajstić information content (AvgIpc) is 2.45. The van der Waals surface area contributed by atoms with Gasteiger partial charge in [0.25, 0.3) is 0 Å². The zero-order valence-electron chi connectivity index (χ0n) is 11.2. The molecule has 1 aliphatic rings. The lowest BCUT2D eigenvalue weighted by Crippen LogP contribution is -2.40. The lowest BCUT2D eigenvalue weighted by Gasteiger charge is -2.32. The second-order valence-corrected chi connectivity index (χ2v) is 4.66. The summed E-state index contributed by atoms with van der Waals surface area (Å²) in [6.45, 7) is 6.32. The van der Waals surface area contributed by atoms with Crippen LogP contribution in [0.1, 0.15) is 19.8 Å². The van der Waals surface area contributed by atoms with Crippen molar-refractivity contribution >= 4 is 5.95 Å². The smallest absolute Gasteiger partial charge is 0.228 e. The third-order valence-corrected chi connectivity index (χ3v) is 3.31. The lowest BCUT2D eigenvalue weighted by atomic mass is 9.98. The minimum Gasteiger partial charge on any atom is -0.481 e. The van der Waals surface area contributed by atoms with Crippen LogP contribution in [0.15, 0.2) is 12.3 Å². The number of nitrogens with one attached hydrogen (secondary N) is 1. The second-order valence-electron chi connectivity index (χ2n) is 4.66. The van der Waals surface area contributed by atoms with E-state index in [0.717, 1.165) is 32.1 Å². The standard InChI is InChI=1S/C13H22N4O/c1-3-14-9-11-5-4-8-17(10-11)13-15-7-6-12(16-13)18-2/h6-7,11,14H,3-5,8-10H2,1-2H3. The van der Waals surface area contributed by atoms with Gasteiger partial charge in [-0.25, -0.2) is 4.98 Å². The van der Waals surface area contributed by atoms with Gasteiger partial charge in [-0.3, -0.25) is 0 Å². The maximum atomic E-state index is 5.15. The molecule has 1 aromatic heterocycles. The van der Waals surface area contributed by atoms with Gasteiger partial charge in [0.05, 0.1) is 7.11 Å². The first-order valence-corrected chi connectivity index (χ1v) is 6.66. The van der Waals surface area contributed by atoms with Crippen molar-refractivity contribution in [2.45, 2.75) is 19.8 Å². The SMILES string of the molecule is CCNCC1CCCN(c2nccc(OC)n2)C1. The van der Waals surface area contributed by atoms with Crippen molar-refractivity contribution in [3.63, 3.8) is 0 Å². The highest BCUT2D eigenvalue weighted by Gasteiger charge is 2.21. The van der Waals surface area contributed by atoms with Crippen LogP contribution in [-0.2, 0) is 0 Å². The Hall–Kier alpha value is -1.36. The number of ether oxygens (including phenoxy) is 1. The van der Waals surface area contributed by atoms with Gasteiger partial charge in [-0.05, 0) is 31.8 Å². The lowest BCUT2D eigenvalue weighted by molar-refractivity contribution is 0.383. The van der Waals surface area contributed by atoms with Crippen LogP contribution >= 0.6 is 0 Å². The van der Waals surface area contributed by atoms with Crippen molar-refractivity contribution in [1.29, 1.82) is 0 Å². The summed E-state index contributed by atoms with van der Waals surface area (Å²) in [7, 11) is 1.64. The summed E-state index contributed by atoms with van der Waals surface area (Å²) in [5.41, 5.74) is 0. The molecule has 2 heterocycles. The molecular formula is C13H22N4O. The molecule has 0 spiro atoms. The summed E-state index contributed by atoms with van der Waals surface area (Å²) in [6, 6.07) is 1.78. The van der Waals surface area contributed by atoms with E-state index in [0.29, 0.717) is 11.8 Å². The molecule has 5 heteroatoms. The number of aromatic nitrogens is 2. The van der Waals surface area contributed by atoms with Crippen molar-refractivity contribution < 1.29 is 4.74 Å². The predicted octanol–water partition coefficient (Wildman–Crippen LogP) is 1.31. The van der Waals surface area contributed by atoms with E-state index < -0.39 is 0 Å². The monoisotopic (exact) mass is 250 g/mol. The molecule has 1 fully saturated rings. The fraction of sp³-hybridized carbons (Fsp3) is 0.692. The van der Waals surface area contributed by atoms with Gasteiger partial charge in [0.1, 0.15) is 0 Å². The Balaban J connectivity index is 1.98. The quantitative estimate of drug-likeness (QED) is 0.854. The molecule has 1 N–H and O–H groups in total. The maximum absolute atomic E-state index is 5.15. The third kappa shape index (κ3) is 3.32. The first-order chi connectivity index (χ1) is 8.83. The Kier molecular flexibility index (Phi) is 4.75. The van der Waals surface area contributed by atoms with E-state index in [1.807, 2.05) is 0 Å². The van der Waals surface area contributed by atoms with Crippen LogP contribution in [0.3, 0.4) is 0 Å². The van der Waals surface area contributed by atoms with Crippen LogP contribution in [0.5, 0.6) is 5.88 Å². The number of methoxy groups -OCH3 is 1. The minimum absolute atomic E-state index is 0.633. The van der Waals surface area contributed by atoms with E-state index in [4.69, 9.17) is 4.74 Å². The summed E-state index contributed by atoms with van der Waals surface area (Å²) in [4.78, 5) is 11.0. The predicted molar refractivity (Wildman–Crippen MR) is 72.1 cm³/mol. The number of anilines is 1. The molecule has 1 unspecified atom stereocenters. The van der Waals surface area contributed by atoms with E-state index in [1.165, 1.54) is 12.8 Å². The zero-order valence-corrected chi connectivity index (χ0v) is 11.2. The maximum Gasteiger partial charge on any atom is 0.228 e. The highest BCUT2D eigenvalue weighted by molar-refractivity contribution is 5.32. The van der Waals surface area contributed by atoms with Gasteiger partial charge in [0.15, 0.2) is 0 Å². The van der Waals surface area contributed by atoms with Crippen LogP contribution < -0.4 is 15.0 Å². The molecule has 1 aromatic rings. The largest absolute Gasteiger partial charge is 0.481 e. The Morgan fingerprint density at radius 1 is 1.56 bits per heavy atom. The normalized spacial score (nSPS) is 19.9. The van der Waals surface area contributed by atoms with Gasteiger partial charge in [0.2, 0.25) is 11.8 Å². The van der Waals surface area contributed by atoms with Crippen molar-refractivity contribution in [2.24, 2.45) is 5.92 Å². The molecule has 18 heavy (non-hydrogen) atoms. The first-order valence-electron chi connectivity index (χ1n) is 6.66. The van der Waals surface area contributed by atoms with E-state index in [2.05, 4.69) is 27.1 Å². The minimum atomic E-state index is 0.633. The third-order valence-electron chi connectivity index (χ3n) is 3.31. The first kappa shape index (κ1) is 13.1. The van der Waals surface area contributed by atoms with E-state index in [-0.39, 0.29) is 0 Å². The number of rotatable bonds is 5. The number of hydrogen-bond acceptors (Lipinski definition) is 5. The van der Waals surface area contributed by atoms with Crippen molar-refractivity contribution in [1.82, 2.24) is 15.3 Å². The van der Waals surface area contributed by atoms with Gasteiger partial charge in [-0.1, -0.05) is 6.92 Å². The van der Waals surface area contributed by atoms with Crippen LogP contribution in [0.2, 0.25) is 0 Å². The number of nitrogens with zero attached hydrogens (tertiary/aromatic N) is 3. The van der Waals surface area contributed by atoms with Gasteiger partial charge in [0, 0.05) is 25.4 Å². The molecule has 0 amide bonds. The summed E-state index contributed by atoms with van der Waals surface area (Å²) < 4.78 is 5.15. The van der Waals surface area contributed by atoms with E-state index >= 15 is 0 Å². The molecule has 0 aromatic carbocycles. The highest BCUT2D eigenvalue weighted by Crippen LogP contribution is 2.21. The van der Waals surface area contributed by atoms with E-state index in [9.17, 15) is 0 Å². The van der Waals surface area contributed by atoms with Gasteiger partial charge in [-0.15, -0.1) is 0 Å². The molecule has 0 saturated carbocycles. The summed E-state index contributed by atoms with van der Waals surface area (Å²) >= 11 is 0. The molecule has 1 aliphatic heterocycles. The van der Waals surface area contributed by atoms with Crippen LogP contribution in [-0.4, -0.2) is 43.3 Å². The molecule has 0 radical (unpaired) electrons. The molecule has 2 rings (SSSR count). The fourth-order valence-electron chi connectivity index (χ4n) is 2.36. The van der Waals surface area contributed by atoms with Crippen LogP contribution in [0, 0.1) is 5.92 Å². The summed E-state index contributed by atoms with van der Waals surface area (Å²) in [6.07, 6.45) is 4.25. The average molecular weight is 250 g/mol. The van der Waals surface area contributed by atoms with Gasteiger partial charge < -0.3 is 15.0 Å². The van der Waals surface area contributed by atoms with Gasteiger partial charge >= 0.3 is 0 Å². The zero-order chi connectivity index (χ0) is 12.8. The molecule has 1 atom stereocenters. The fourth-order valence-corrected chi connectivity index (χ4v) is 2.36. The Bertz CT molecular complexity index is 372. The van der Waals surface area contributed by atoms with Gasteiger partial charge in [-0.2, -0.15) is 4.98 Å². The second kappa shape index (κ2) is 6.54. The molecule has 1 saturated heterocycles. The van der Waals surface area contributed by atoms with Crippen molar-refractivity contribution in [3.8, 4) is 5.88 Å². The summed E-state index contributed by atoms with van der Waals surface area (Å²) in [5.74, 6) is 2.11. The van der Waals surface area contributed by atoms with Crippen molar-refractivity contribution in [2.75, 3.05) is 38.2 Å². The Labute approximate surface area is 109 Å². The Morgan fingerprint density at radius 2 is 2.44 bits per heavy atom. The highest BCUT2D eigenvalue weighted by atomic mass is 16.5. The Morgan fingerprint density at radius 3 is 3.22 bits per heavy atom. The van der Waals surface area contributed by atoms with Crippen LogP contribution in [0.25, 0.3) is 0 Å². The molecule has 0 bridgehead atoms. The topological polar surface area (TPSA) is 50.3 Å². The summed E-state index contributed by atoms with van der Waals surface area (Å²) in [5, 5.41) is 3.42. The molecule has 100 valence electrons. The van der Waals surface area contributed by atoms with E-state index in [1.54, 1.807) is 19.4 Å². The van der Waals surface area contributed by atoms with Crippen molar-refractivity contribution in [3.05, 3.63) is 12.3 Å².